The molecule has 4 aromatic rings. The second-order valence-electron chi connectivity index (χ2n) is 4.81. The van der Waals surface area contributed by atoms with Crippen molar-refractivity contribution in [2.75, 3.05) is 0 Å². The molecule has 0 unspecified atom stereocenters. The van der Waals surface area contributed by atoms with Crippen LogP contribution >= 0.6 is 0 Å². The van der Waals surface area contributed by atoms with Gasteiger partial charge in [-0.2, -0.15) is 5.10 Å². The average Bonchev–Trinajstić information content (AvgIpc) is 3.05. The fourth-order valence-electron chi connectivity index (χ4n) is 2.36. The van der Waals surface area contributed by atoms with E-state index in [4.69, 9.17) is 4.98 Å². The lowest BCUT2D eigenvalue weighted by atomic mass is 10.2. The molecule has 1 aromatic carbocycles. The smallest absolute Gasteiger partial charge is 0.117 e. The third kappa shape index (κ3) is 1.51. The summed E-state index contributed by atoms with van der Waals surface area (Å²) in [6.45, 7) is 0. The molecule has 0 spiro atoms. The summed E-state index contributed by atoms with van der Waals surface area (Å²) in [6.07, 6.45) is 7.28. The molecule has 0 amide bonds. The number of hydrogen-bond donors (Lipinski definition) is 0. The third-order valence-corrected chi connectivity index (χ3v) is 3.41. The second-order valence-corrected chi connectivity index (χ2v) is 4.81. The fraction of sp³-hybridized carbons (Fsp3) is 0.143. The molecule has 0 atom stereocenters. The predicted molar refractivity (Wildman–Crippen MR) is 76.0 cm³/mol. The Kier molecular flexibility index (Phi) is 2.14. The first kappa shape index (κ1) is 11.1. The van der Waals surface area contributed by atoms with Gasteiger partial charge in [-0.05, 0) is 12.1 Å². The quantitative estimate of drug-likeness (QED) is 0.527. The van der Waals surface area contributed by atoms with Crippen LogP contribution in [0.2, 0.25) is 0 Å². The Morgan fingerprint density at radius 2 is 1.90 bits per heavy atom. The average molecular weight is 264 g/mol. The van der Waals surface area contributed by atoms with Crippen molar-refractivity contribution in [2.24, 2.45) is 14.1 Å². The molecule has 4 rings (SSSR count). The van der Waals surface area contributed by atoms with Gasteiger partial charge in [0.1, 0.15) is 11.0 Å². The van der Waals surface area contributed by atoms with Crippen LogP contribution in [0.15, 0.2) is 37.1 Å². The zero-order valence-corrected chi connectivity index (χ0v) is 11.1. The summed E-state index contributed by atoms with van der Waals surface area (Å²) in [4.78, 5) is 13.6. The molecule has 0 saturated carbocycles. The molecule has 0 radical (unpaired) electrons. The first-order valence-corrected chi connectivity index (χ1v) is 6.28. The summed E-state index contributed by atoms with van der Waals surface area (Å²) in [5.74, 6) is 0. The Bertz CT molecular complexity index is 933. The maximum atomic E-state index is 4.71. The van der Waals surface area contributed by atoms with Gasteiger partial charge in [0, 0.05) is 25.9 Å². The van der Waals surface area contributed by atoms with Crippen molar-refractivity contribution in [3.8, 4) is 11.3 Å². The molecule has 0 saturated heterocycles. The van der Waals surface area contributed by atoms with Gasteiger partial charge in [-0.1, -0.05) is 0 Å². The van der Waals surface area contributed by atoms with Crippen LogP contribution in [0.4, 0.5) is 0 Å². The highest BCUT2D eigenvalue weighted by molar-refractivity contribution is 6.00. The highest BCUT2D eigenvalue weighted by Gasteiger charge is 2.10. The summed E-state index contributed by atoms with van der Waals surface area (Å²) in [7, 11) is 3.86. The van der Waals surface area contributed by atoms with E-state index in [1.54, 1.807) is 23.4 Å². The third-order valence-electron chi connectivity index (χ3n) is 3.41. The van der Waals surface area contributed by atoms with Gasteiger partial charge in [-0.25, -0.2) is 9.97 Å². The minimum Gasteiger partial charge on any atom is -0.334 e. The lowest BCUT2D eigenvalue weighted by Gasteiger charge is -2.01. The van der Waals surface area contributed by atoms with Crippen LogP contribution < -0.4 is 0 Å². The van der Waals surface area contributed by atoms with Gasteiger partial charge in [0.25, 0.3) is 0 Å². The van der Waals surface area contributed by atoms with Crippen LogP contribution in [0.3, 0.4) is 0 Å². The van der Waals surface area contributed by atoms with E-state index in [1.165, 1.54) is 0 Å². The van der Waals surface area contributed by atoms with Crippen molar-refractivity contribution in [3.05, 3.63) is 37.1 Å². The number of fused-ring (bicyclic) bond motifs is 3. The van der Waals surface area contributed by atoms with Crippen molar-refractivity contribution < 1.29 is 0 Å². The van der Waals surface area contributed by atoms with E-state index in [-0.39, 0.29) is 0 Å². The molecule has 3 aromatic heterocycles. The minimum absolute atomic E-state index is 0.809. The van der Waals surface area contributed by atoms with Gasteiger partial charge < -0.3 is 4.57 Å². The lowest BCUT2D eigenvalue weighted by Crippen LogP contribution is -1.90. The number of nitrogens with zero attached hydrogens (tertiary/aromatic N) is 6. The van der Waals surface area contributed by atoms with Gasteiger partial charge in [-0.15, -0.1) is 0 Å². The van der Waals surface area contributed by atoms with Crippen molar-refractivity contribution in [3.63, 3.8) is 0 Å². The number of rotatable bonds is 1. The topological polar surface area (TPSA) is 61.4 Å². The van der Waals surface area contributed by atoms with Crippen molar-refractivity contribution in [1.82, 2.24) is 29.3 Å². The normalized spacial score (nSPS) is 11.5. The zero-order valence-electron chi connectivity index (χ0n) is 11.1. The molecule has 0 bridgehead atoms. The lowest BCUT2D eigenvalue weighted by molar-refractivity contribution is 0.768. The molecule has 0 aliphatic rings. The van der Waals surface area contributed by atoms with Crippen LogP contribution in [0.1, 0.15) is 0 Å². The monoisotopic (exact) mass is 264 g/mol. The zero-order chi connectivity index (χ0) is 13.7. The maximum absolute atomic E-state index is 4.71. The number of hydrogen-bond acceptors (Lipinski definition) is 4. The maximum Gasteiger partial charge on any atom is 0.117 e. The van der Waals surface area contributed by atoms with Crippen molar-refractivity contribution in [2.45, 2.75) is 0 Å². The molecule has 6 nitrogen and oxygen atoms in total. The van der Waals surface area contributed by atoms with Crippen molar-refractivity contribution in [1.29, 1.82) is 0 Å². The van der Waals surface area contributed by atoms with Crippen LogP contribution in [0.25, 0.3) is 33.3 Å². The van der Waals surface area contributed by atoms with E-state index < -0.39 is 0 Å². The van der Waals surface area contributed by atoms with E-state index in [2.05, 4.69) is 15.1 Å². The predicted octanol–water partition coefficient (Wildman–Crippen LogP) is 1.92. The minimum atomic E-state index is 0.809. The Hall–Kier alpha value is -2.76. The molecule has 3 heterocycles. The summed E-state index contributed by atoms with van der Waals surface area (Å²) in [5, 5.41) is 4.17. The molecule has 0 N–H and O–H groups in total. The first-order valence-electron chi connectivity index (χ1n) is 6.28. The fourth-order valence-corrected chi connectivity index (χ4v) is 2.36. The van der Waals surface area contributed by atoms with Crippen LogP contribution in [0, 0.1) is 0 Å². The Balaban J connectivity index is 2.04. The van der Waals surface area contributed by atoms with Crippen LogP contribution in [-0.2, 0) is 14.1 Å². The number of aromatic nitrogens is 6. The molecule has 6 heteroatoms. The number of benzene rings is 1. The van der Waals surface area contributed by atoms with Gasteiger partial charge in [0.15, 0.2) is 0 Å². The van der Waals surface area contributed by atoms with Gasteiger partial charge in [-0.3, -0.25) is 9.67 Å². The van der Waals surface area contributed by atoms with E-state index in [0.717, 1.165) is 33.3 Å². The standard InChI is InChI=1S/C14H12N6/c1-19-8-16-14-12(19)4-3-10-13(14)18-11(6-15-10)9-5-17-20(2)7-9/h3-8H,1-2H3. The Labute approximate surface area is 114 Å². The molecule has 20 heavy (non-hydrogen) atoms. The number of aryl methyl sites for hydroxylation is 2. The number of imidazole rings is 1. The van der Waals surface area contributed by atoms with Gasteiger partial charge in [0.05, 0.1) is 35.4 Å². The highest BCUT2D eigenvalue weighted by Crippen LogP contribution is 2.24. The largest absolute Gasteiger partial charge is 0.334 e. The molecular formula is C14H12N6. The van der Waals surface area contributed by atoms with E-state index >= 15 is 0 Å². The Morgan fingerprint density at radius 3 is 2.70 bits per heavy atom. The highest BCUT2D eigenvalue weighted by atomic mass is 15.2. The summed E-state index contributed by atoms with van der Waals surface area (Å²) in [6, 6.07) is 3.99. The summed E-state index contributed by atoms with van der Waals surface area (Å²) in [5.41, 5.74) is 5.37. The van der Waals surface area contributed by atoms with Gasteiger partial charge in [0.2, 0.25) is 0 Å². The molecule has 0 fully saturated rings. The first-order chi connectivity index (χ1) is 9.72. The van der Waals surface area contributed by atoms with Crippen LogP contribution in [-0.4, -0.2) is 29.3 Å². The second kappa shape index (κ2) is 3.86. The molecule has 98 valence electrons. The van der Waals surface area contributed by atoms with E-state index in [0.29, 0.717) is 0 Å². The van der Waals surface area contributed by atoms with E-state index in [9.17, 15) is 0 Å². The Morgan fingerprint density at radius 1 is 1.00 bits per heavy atom. The van der Waals surface area contributed by atoms with Gasteiger partial charge >= 0.3 is 0 Å². The SMILES string of the molecule is Cn1cc(-c2cnc3ccc4c(ncn4C)c3n2)cn1. The van der Waals surface area contributed by atoms with E-state index in [1.807, 2.05) is 37.0 Å². The van der Waals surface area contributed by atoms with Crippen LogP contribution in [0.5, 0.6) is 0 Å². The van der Waals surface area contributed by atoms with Crippen molar-refractivity contribution >= 4 is 22.1 Å². The molecular weight excluding hydrogens is 252 g/mol. The summed E-state index contributed by atoms with van der Waals surface area (Å²) < 4.78 is 3.73. The molecule has 0 aliphatic heterocycles. The summed E-state index contributed by atoms with van der Waals surface area (Å²) >= 11 is 0. The molecule has 0 aliphatic carbocycles.